The van der Waals surface area contributed by atoms with E-state index >= 15 is 0 Å². The van der Waals surface area contributed by atoms with Crippen LogP contribution in [0.3, 0.4) is 0 Å². The fourth-order valence-electron chi connectivity index (χ4n) is 1.62. The van der Waals surface area contributed by atoms with Gasteiger partial charge in [0.2, 0.25) is 0 Å². The Bertz CT molecular complexity index is 561. The molecule has 18 heavy (non-hydrogen) atoms. The van der Waals surface area contributed by atoms with Crippen LogP contribution in [-0.2, 0) is 4.74 Å². The zero-order valence-corrected chi connectivity index (χ0v) is 11.5. The summed E-state index contributed by atoms with van der Waals surface area (Å²) >= 11 is 3.38. The quantitative estimate of drug-likeness (QED) is 0.814. The molecule has 1 heterocycles. The number of hydrogen-bond donors (Lipinski definition) is 0. The van der Waals surface area contributed by atoms with E-state index in [-0.39, 0.29) is 0 Å². The molecule has 0 aliphatic rings. The second-order valence-corrected chi connectivity index (χ2v) is 4.36. The molecule has 0 aliphatic heterocycles. The molecule has 4 nitrogen and oxygen atoms in total. The maximum Gasteiger partial charge on any atom is 0.338 e. The van der Waals surface area contributed by atoms with Crippen LogP contribution in [0.15, 0.2) is 39.4 Å². The van der Waals surface area contributed by atoms with E-state index in [0.29, 0.717) is 22.6 Å². The maximum atomic E-state index is 11.8. The highest BCUT2D eigenvalue weighted by Gasteiger charge is 2.18. The van der Waals surface area contributed by atoms with Crippen molar-refractivity contribution in [1.29, 1.82) is 0 Å². The predicted molar refractivity (Wildman–Crippen MR) is 69.7 cm³/mol. The van der Waals surface area contributed by atoms with E-state index in [1.165, 1.54) is 14.2 Å². The zero-order chi connectivity index (χ0) is 13.1. The summed E-state index contributed by atoms with van der Waals surface area (Å²) in [6, 6.07) is 6.92. The van der Waals surface area contributed by atoms with Crippen LogP contribution in [0.2, 0.25) is 0 Å². The summed E-state index contributed by atoms with van der Waals surface area (Å²) in [6.07, 6.45) is 1.55. The molecule has 0 unspecified atom stereocenters. The maximum absolute atomic E-state index is 11.8. The van der Waals surface area contributed by atoms with Gasteiger partial charge in [-0.15, -0.1) is 0 Å². The Labute approximate surface area is 113 Å². The van der Waals surface area contributed by atoms with Crippen LogP contribution < -0.4 is 4.74 Å². The summed E-state index contributed by atoms with van der Waals surface area (Å²) in [7, 11) is 2.87. The summed E-state index contributed by atoms with van der Waals surface area (Å²) < 4.78 is 16.0. The summed E-state index contributed by atoms with van der Waals surface area (Å²) in [5.74, 6) is 0.719. The van der Waals surface area contributed by atoms with Gasteiger partial charge >= 0.3 is 5.97 Å². The van der Waals surface area contributed by atoms with Gasteiger partial charge < -0.3 is 13.9 Å². The van der Waals surface area contributed by atoms with E-state index in [2.05, 4.69) is 15.9 Å². The lowest BCUT2D eigenvalue weighted by Crippen LogP contribution is -2.04. The number of ether oxygens (including phenoxy) is 2. The summed E-state index contributed by atoms with van der Waals surface area (Å²) in [6.45, 7) is 0. The number of hydrogen-bond acceptors (Lipinski definition) is 4. The molecule has 0 saturated heterocycles. The van der Waals surface area contributed by atoms with Crippen molar-refractivity contribution in [3.8, 4) is 17.1 Å². The predicted octanol–water partition coefficient (Wildman–Crippen LogP) is 3.50. The van der Waals surface area contributed by atoms with E-state index < -0.39 is 5.97 Å². The minimum absolute atomic E-state index is 0.396. The molecule has 2 aromatic rings. The van der Waals surface area contributed by atoms with E-state index in [0.717, 1.165) is 4.47 Å². The Hall–Kier alpha value is -1.75. The van der Waals surface area contributed by atoms with Gasteiger partial charge in [0.25, 0.3) is 0 Å². The van der Waals surface area contributed by atoms with E-state index in [1.807, 2.05) is 0 Å². The van der Waals surface area contributed by atoms with Gasteiger partial charge in [-0.2, -0.15) is 0 Å². The van der Waals surface area contributed by atoms with Crippen molar-refractivity contribution >= 4 is 21.9 Å². The molecule has 0 amide bonds. The third-order valence-corrected chi connectivity index (χ3v) is 3.10. The monoisotopic (exact) mass is 310 g/mol. The van der Waals surface area contributed by atoms with Gasteiger partial charge in [0.05, 0.1) is 30.5 Å². The van der Waals surface area contributed by atoms with Crippen molar-refractivity contribution in [2.45, 2.75) is 0 Å². The van der Waals surface area contributed by atoms with E-state index in [9.17, 15) is 4.79 Å². The third-order valence-electron chi connectivity index (χ3n) is 2.48. The molecule has 1 aromatic carbocycles. The average Bonchev–Trinajstić information content (AvgIpc) is 2.91. The highest BCUT2D eigenvalue weighted by Crippen LogP contribution is 2.34. The number of methoxy groups -OCH3 is 2. The van der Waals surface area contributed by atoms with Gasteiger partial charge in [0.1, 0.15) is 11.5 Å². The van der Waals surface area contributed by atoms with Crippen LogP contribution in [-0.4, -0.2) is 20.2 Å². The normalized spacial score (nSPS) is 10.2. The summed E-state index contributed by atoms with van der Waals surface area (Å²) in [5.41, 5.74) is 1.05. The summed E-state index contributed by atoms with van der Waals surface area (Å²) in [4.78, 5) is 11.8. The van der Waals surface area contributed by atoms with Gasteiger partial charge in [-0.25, -0.2) is 4.79 Å². The summed E-state index contributed by atoms with van der Waals surface area (Å²) in [5, 5.41) is 0. The molecule has 0 bridgehead atoms. The van der Waals surface area contributed by atoms with E-state index in [4.69, 9.17) is 13.9 Å². The standard InChI is InChI=1S/C13H11BrO4/c1-16-12-7-9(13(15)17-2)8(6-10(12)14)11-4-3-5-18-11/h3-7H,1-2H3. The molecular formula is C13H11BrO4. The van der Waals surface area contributed by atoms with Gasteiger partial charge in [-0.1, -0.05) is 0 Å². The second-order valence-electron chi connectivity index (χ2n) is 3.50. The van der Waals surface area contributed by atoms with Gasteiger partial charge in [-0.05, 0) is 40.2 Å². The molecule has 0 aliphatic carbocycles. The largest absolute Gasteiger partial charge is 0.496 e. The average molecular weight is 311 g/mol. The number of benzene rings is 1. The van der Waals surface area contributed by atoms with Gasteiger partial charge in [0, 0.05) is 5.56 Å². The number of rotatable bonds is 3. The Morgan fingerprint density at radius 2 is 2.11 bits per heavy atom. The lowest BCUT2D eigenvalue weighted by molar-refractivity contribution is 0.0601. The fraction of sp³-hybridized carbons (Fsp3) is 0.154. The number of carbonyl (C=O) groups is 1. The smallest absolute Gasteiger partial charge is 0.338 e. The molecule has 1 aromatic heterocycles. The molecular weight excluding hydrogens is 300 g/mol. The molecule has 0 saturated carbocycles. The molecule has 0 spiro atoms. The van der Waals surface area contributed by atoms with Crippen LogP contribution in [0.1, 0.15) is 10.4 Å². The Balaban J connectivity index is 2.63. The molecule has 0 N–H and O–H groups in total. The second kappa shape index (κ2) is 5.27. The van der Waals surface area contributed by atoms with Crippen molar-refractivity contribution in [2.24, 2.45) is 0 Å². The molecule has 0 atom stereocenters. The number of esters is 1. The highest BCUT2D eigenvalue weighted by atomic mass is 79.9. The molecule has 2 rings (SSSR count). The molecule has 0 radical (unpaired) electrons. The van der Waals surface area contributed by atoms with Crippen LogP contribution in [0.25, 0.3) is 11.3 Å². The topological polar surface area (TPSA) is 48.7 Å². The first-order chi connectivity index (χ1) is 8.67. The van der Waals surface area contributed by atoms with Crippen LogP contribution >= 0.6 is 15.9 Å². The van der Waals surface area contributed by atoms with Crippen LogP contribution in [0.5, 0.6) is 5.75 Å². The lowest BCUT2D eigenvalue weighted by atomic mass is 10.0. The van der Waals surface area contributed by atoms with Crippen molar-refractivity contribution in [3.63, 3.8) is 0 Å². The zero-order valence-electron chi connectivity index (χ0n) is 9.90. The van der Waals surface area contributed by atoms with Gasteiger partial charge in [-0.3, -0.25) is 0 Å². The van der Waals surface area contributed by atoms with Crippen molar-refractivity contribution in [3.05, 3.63) is 40.6 Å². The lowest BCUT2D eigenvalue weighted by Gasteiger charge is -2.10. The first-order valence-electron chi connectivity index (χ1n) is 5.17. The number of carbonyl (C=O) groups excluding carboxylic acids is 1. The molecule has 5 heteroatoms. The van der Waals surface area contributed by atoms with Crippen molar-refractivity contribution in [1.82, 2.24) is 0 Å². The number of furan rings is 1. The van der Waals surface area contributed by atoms with Crippen molar-refractivity contribution in [2.75, 3.05) is 14.2 Å². The highest BCUT2D eigenvalue weighted by molar-refractivity contribution is 9.10. The van der Waals surface area contributed by atoms with Crippen molar-refractivity contribution < 1.29 is 18.7 Å². The van der Waals surface area contributed by atoms with Crippen LogP contribution in [0.4, 0.5) is 0 Å². The minimum atomic E-state index is -0.438. The van der Waals surface area contributed by atoms with Gasteiger partial charge in [0.15, 0.2) is 0 Å². The SMILES string of the molecule is COC(=O)c1cc(OC)c(Br)cc1-c1ccco1. The molecule has 0 fully saturated rings. The fourth-order valence-corrected chi connectivity index (χ4v) is 2.13. The minimum Gasteiger partial charge on any atom is -0.496 e. The Kier molecular flexibility index (Phi) is 3.72. The Morgan fingerprint density at radius 3 is 2.67 bits per heavy atom. The third kappa shape index (κ3) is 2.26. The number of halogens is 1. The first kappa shape index (κ1) is 12.7. The molecule has 94 valence electrons. The Morgan fingerprint density at radius 1 is 1.33 bits per heavy atom. The van der Waals surface area contributed by atoms with Crippen LogP contribution in [0, 0.1) is 0 Å². The first-order valence-corrected chi connectivity index (χ1v) is 5.96. The van der Waals surface area contributed by atoms with E-state index in [1.54, 1.807) is 30.5 Å².